The lowest BCUT2D eigenvalue weighted by atomic mass is 9.93. The van der Waals surface area contributed by atoms with E-state index in [0.29, 0.717) is 34.2 Å². The summed E-state index contributed by atoms with van der Waals surface area (Å²) >= 11 is 0. The first-order valence-electron chi connectivity index (χ1n) is 9.43. The molecular formula is C22H21N5O3. The van der Waals surface area contributed by atoms with Gasteiger partial charge in [0.1, 0.15) is 17.1 Å². The summed E-state index contributed by atoms with van der Waals surface area (Å²) in [6.07, 6.45) is 3.35. The fourth-order valence-corrected chi connectivity index (χ4v) is 2.92. The molecule has 0 saturated carbocycles. The maximum atomic E-state index is 12.8. The van der Waals surface area contributed by atoms with Crippen molar-refractivity contribution in [1.82, 2.24) is 14.5 Å². The van der Waals surface area contributed by atoms with Gasteiger partial charge in [-0.25, -0.2) is 9.78 Å². The van der Waals surface area contributed by atoms with Crippen molar-refractivity contribution in [1.29, 1.82) is 0 Å². The van der Waals surface area contributed by atoms with Gasteiger partial charge in [0.25, 0.3) is 0 Å². The Kier molecular flexibility index (Phi) is 4.83. The summed E-state index contributed by atoms with van der Waals surface area (Å²) in [4.78, 5) is 29.3. The number of imidazole rings is 1. The normalized spacial score (nSPS) is 11.4. The van der Waals surface area contributed by atoms with E-state index in [-0.39, 0.29) is 11.2 Å². The van der Waals surface area contributed by atoms with Crippen LogP contribution in [0.5, 0.6) is 0 Å². The Morgan fingerprint density at radius 2 is 1.80 bits per heavy atom. The maximum Gasteiger partial charge on any atom is 0.324 e. The molecule has 0 radical (unpaired) electrons. The molecule has 8 nitrogen and oxygen atoms in total. The number of aromatic nitrogens is 3. The second-order valence-electron chi connectivity index (χ2n) is 7.88. The van der Waals surface area contributed by atoms with Gasteiger partial charge in [0, 0.05) is 28.9 Å². The molecule has 0 fully saturated rings. The molecule has 152 valence electrons. The van der Waals surface area contributed by atoms with Crippen molar-refractivity contribution >= 4 is 29.0 Å². The van der Waals surface area contributed by atoms with Crippen LogP contribution in [0.15, 0.2) is 65.4 Å². The molecule has 0 aliphatic carbocycles. The molecule has 0 saturated heterocycles. The monoisotopic (exact) mass is 403 g/mol. The van der Waals surface area contributed by atoms with Crippen LogP contribution in [0.3, 0.4) is 0 Å². The van der Waals surface area contributed by atoms with Crippen LogP contribution in [0.2, 0.25) is 0 Å². The molecule has 0 unspecified atom stereocenters. The van der Waals surface area contributed by atoms with Crippen LogP contribution in [0.1, 0.15) is 42.6 Å². The Morgan fingerprint density at radius 3 is 2.50 bits per heavy atom. The summed E-state index contributed by atoms with van der Waals surface area (Å²) in [5.41, 5.74) is 2.02. The molecule has 1 aromatic carbocycles. The van der Waals surface area contributed by atoms with E-state index in [1.165, 1.54) is 0 Å². The Morgan fingerprint density at radius 1 is 1.03 bits per heavy atom. The third-order valence-corrected chi connectivity index (χ3v) is 4.55. The highest BCUT2D eigenvalue weighted by Gasteiger charge is 2.20. The van der Waals surface area contributed by atoms with Crippen molar-refractivity contribution < 1.29 is 14.1 Å². The van der Waals surface area contributed by atoms with E-state index in [0.717, 1.165) is 0 Å². The largest absolute Gasteiger partial charge is 0.359 e. The summed E-state index contributed by atoms with van der Waals surface area (Å²) in [6.45, 7) is 5.98. The Hall–Kier alpha value is -3.94. The van der Waals surface area contributed by atoms with Crippen molar-refractivity contribution in [2.45, 2.75) is 26.2 Å². The van der Waals surface area contributed by atoms with Gasteiger partial charge in [0.2, 0.25) is 5.78 Å². The predicted molar refractivity (Wildman–Crippen MR) is 113 cm³/mol. The van der Waals surface area contributed by atoms with Crippen molar-refractivity contribution in [2.24, 2.45) is 0 Å². The summed E-state index contributed by atoms with van der Waals surface area (Å²) < 4.78 is 6.99. The maximum absolute atomic E-state index is 12.8. The standard InChI is InChI=1S/C22H21N5O3/c1-22(2,3)17-12-18(26-30-17)25-21(29)24-15-9-7-14(8-10-15)20(28)16-13-23-19-6-4-5-11-27(16)19/h4-13H,1-3H3,(H2,24,25,26,29). The SMILES string of the molecule is CC(C)(C)c1cc(NC(=O)Nc2ccc(C(=O)c3cnc4ccccn34)cc2)no1. The van der Waals surface area contributed by atoms with Gasteiger partial charge >= 0.3 is 6.03 Å². The highest BCUT2D eigenvalue weighted by molar-refractivity contribution is 6.08. The minimum absolute atomic E-state index is 0.151. The van der Waals surface area contributed by atoms with Crippen LogP contribution < -0.4 is 10.6 Å². The van der Waals surface area contributed by atoms with Gasteiger partial charge in [0.05, 0.1) is 6.20 Å². The van der Waals surface area contributed by atoms with Crippen molar-refractivity contribution in [3.05, 3.63) is 77.9 Å². The molecule has 2 amide bonds. The molecule has 0 atom stereocenters. The first kappa shape index (κ1) is 19.4. The number of nitrogens with zero attached hydrogens (tertiary/aromatic N) is 3. The topological polar surface area (TPSA) is 102 Å². The number of urea groups is 1. The van der Waals surface area contributed by atoms with Gasteiger partial charge in [-0.05, 0) is 36.4 Å². The van der Waals surface area contributed by atoms with Crippen LogP contribution in [-0.2, 0) is 5.41 Å². The number of ketones is 1. The quantitative estimate of drug-likeness (QED) is 0.489. The number of carbonyl (C=O) groups excluding carboxylic acids is 2. The predicted octanol–water partition coefficient (Wildman–Crippen LogP) is 4.49. The number of rotatable bonds is 4. The highest BCUT2D eigenvalue weighted by atomic mass is 16.5. The molecule has 3 heterocycles. The van der Waals surface area contributed by atoms with E-state index in [2.05, 4.69) is 20.8 Å². The second kappa shape index (κ2) is 7.47. The van der Waals surface area contributed by atoms with Gasteiger partial charge in [0.15, 0.2) is 5.82 Å². The number of hydrogen-bond donors (Lipinski definition) is 2. The molecule has 3 aromatic heterocycles. The summed E-state index contributed by atoms with van der Waals surface area (Å²) in [5.74, 6) is 0.854. The molecule has 4 rings (SSSR count). The Balaban J connectivity index is 1.43. The van der Waals surface area contributed by atoms with E-state index in [9.17, 15) is 9.59 Å². The highest BCUT2D eigenvalue weighted by Crippen LogP contribution is 2.24. The molecule has 2 N–H and O–H groups in total. The number of benzene rings is 1. The zero-order valence-electron chi connectivity index (χ0n) is 16.8. The number of nitrogens with one attached hydrogen (secondary N) is 2. The third kappa shape index (κ3) is 3.93. The number of anilines is 2. The van der Waals surface area contributed by atoms with Gasteiger partial charge in [-0.3, -0.25) is 14.5 Å². The molecule has 8 heteroatoms. The van der Waals surface area contributed by atoms with Crippen molar-refractivity contribution in [2.75, 3.05) is 10.6 Å². The average molecular weight is 403 g/mol. The lowest BCUT2D eigenvalue weighted by molar-refractivity contribution is 0.103. The van der Waals surface area contributed by atoms with E-state index in [1.54, 1.807) is 47.1 Å². The van der Waals surface area contributed by atoms with E-state index < -0.39 is 6.03 Å². The fourth-order valence-electron chi connectivity index (χ4n) is 2.92. The number of hydrogen-bond acceptors (Lipinski definition) is 5. The van der Waals surface area contributed by atoms with Crippen molar-refractivity contribution in [3.63, 3.8) is 0 Å². The molecule has 30 heavy (non-hydrogen) atoms. The van der Waals surface area contributed by atoms with Crippen molar-refractivity contribution in [3.8, 4) is 0 Å². The minimum atomic E-state index is -0.454. The van der Waals surface area contributed by atoms with E-state index in [4.69, 9.17) is 4.52 Å². The molecule has 0 bridgehead atoms. The number of fused-ring (bicyclic) bond motifs is 1. The van der Waals surface area contributed by atoms with Gasteiger partial charge in [-0.1, -0.05) is 32.0 Å². The number of amides is 2. The Bertz CT molecular complexity index is 1220. The van der Waals surface area contributed by atoms with Crippen LogP contribution in [0, 0.1) is 0 Å². The molecule has 0 spiro atoms. The van der Waals surface area contributed by atoms with Crippen LogP contribution in [-0.4, -0.2) is 26.4 Å². The second-order valence-corrected chi connectivity index (χ2v) is 7.88. The smallest absolute Gasteiger partial charge is 0.324 e. The first-order valence-corrected chi connectivity index (χ1v) is 9.43. The van der Waals surface area contributed by atoms with Crippen LogP contribution in [0.25, 0.3) is 5.65 Å². The zero-order valence-corrected chi connectivity index (χ0v) is 16.8. The first-order chi connectivity index (χ1) is 14.3. The summed E-state index contributed by atoms with van der Waals surface area (Å²) in [5, 5.41) is 9.19. The third-order valence-electron chi connectivity index (χ3n) is 4.55. The van der Waals surface area contributed by atoms with E-state index >= 15 is 0 Å². The zero-order chi connectivity index (χ0) is 21.3. The lowest BCUT2D eigenvalue weighted by Crippen LogP contribution is -2.19. The number of carbonyl (C=O) groups is 2. The van der Waals surface area contributed by atoms with Crippen LogP contribution >= 0.6 is 0 Å². The van der Waals surface area contributed by atoms with Gasteiger partial charge < -0.3 is 9.84 Å². The van der Waals surface area contributed by atoms with E-state index in [1.807, 2.05) is 39.0 Å². The average Bonchev–Trinajstić information content (AvgIpc) is 3.35. The Labute approximate surface area is 172 Å². The summed E-state index contributed by atoms with van der Waals surface area (Å²) in [6, 6.07) is 13.4. The molecule has 0 aliphatic rings. The van der Waals surface area contributed by atoms with Crippen LogP contribution in [0.4, 0.5) is 16.3 Å². The fraction of sp³-hybridized carbons (Fsp3) is 0.182. The summed E-state index contributed by atoms with van der Waals surface area (Å²) in [7, 11) is 0. The molecular weight excluding hydrogens is 382 g/mol. The van der Waals surface area contributed by atoms with Gasteiger partial charge in [-0.2, -0.15) is 0 Å². The minimum Gasteiger partial charge on any atom is -0.359 e. The molecule has 0 aliphatic heterocycles. The van der Waals surface area contributed by atoms with Gasteiger partial charge in [-0.15, -0.1) is 0 Å². The lowest BCUT2D eigenvalue weighted by Gasteiger charge is -2.12. The number of pyridine rings is 1. The molecule has 4 aromatic rings.